The fraction of sp³-hybridized carbons (Fsp3) is 0.0909. The van der Waals surface area contributed by atoms with Crippen molar-refractivity contribution in [3.63, 3.8) is 0 Å². The Hall–Kier alpha value is -4.30. The lowest BCUT2D eigenvalue weighted by Gasteiger charge is -2.20. The van der Waals surface area contributed by atoms with Crippen LogP contribution in [0.2, 0.25) is 0 Å². The van der Waals surface area contributed by atoms with E-state index in [0.717, 1.165) is 33.3 Å². The van der Waals surface area contributed by atoms with Crippen molar-refractivity contribution < 1.29 is 4.42 Å². The van der Waals surface area contributed by atoms with Crippen molar-refractivity contribution in [2.24, 2.45) is 0 Å². The van der Waals surface area contributed by atoms with E-state index in [1.807, 2.05) is 18.2 Å². The van der Waals surface area contributed by atoms with Crippen LogP contribution < -0.4 is 5.32 Å². The molecule has 2 nitrogen and oxygen atoms in total. The fourth-order valence-electron chi connectivity index (χ4n) is 5.96. The molecule has 0 aliphatic heterocycles. The molecule has 2 aliphatic rings. The molecule has 0 saturated heterocycles. The van der Waals surface area contributed by atoms with E-state index in [-0.39, 0.29) is 0 Å². The first-order valence-corrected chi connectivity index (χ1v) is 12.3. The predicted molar refractivity (Wildman–Crippen MR) is 144 cm³/mol. The Bertz CT molecular complexity index is 1760. The summed E-state index contributed by atoms with van der Waals surface area (Å²) in [4.78, 5) is 0. The lowest BCUT2D eigenvalue weighted by atomic mass is 9.84. The van der Waals surface area contributed by atoms with Gasteiger partial charge in [-0.15, -0.1) is 0 Å². The van der Waals surface area contributed by atoms with Crippen LogP contribution in [0.15, 0.2) is 114 Å². The number of rotatable bonds is 3. The molecule has 0 amide bonds. The predicted octanol–water partition coefficient (Wildman–Crippen LogP) is 9.25. The van der Waals surface area contributed by atoms with Gasteiger partial charge in [0.15, 0.2) is 0 Å². The summed E-state index contributed by atoms with van der Waals surface area (Å²) in [5.41, 5.74) is 12.4. The van der Waals surface area contributed by atoms with Crippen molar-refractivity contribution in [2.45, 2.75) is 18.3 Å². The molecule has 166 valence electrons. The van der Waals surface area contributed by atoms with E-state index >= 15 is 0 Å². The number of fused-ring (bicyclic) bond motifs is 9. The Balaban J connectivity index is 1.09. The maximum absolute atomic E-state index is 5.96. The molecule has 1 fully saturated rings. The number of para-hydroxylation sites is 1. The molecule has 2 atom stereocenters. The van der Waals surface area contributed by atoms with Crippen LogP contribution in [-0.2, 0) is 0 Å². The van der Waals surface area contributed by atoms with Gasteiger partial charge in [-0.3, -0.25) is 0 Å². The van der Waals surface area contributed by atoms with E-state index in [2.05, 4.69) is 96.3 Å². The maximum atomic E-state index is 5.96. The van der Waals surface area contributed by atoms with Crippen molar-refractivity contribution in [1.29, 1.82) is 0 Å². The van der Waals surface area contributed by atoms with Crippen LogP contribution in [0.5, 0.6) is 0 Å². The van der Waals surface area contributed by atoms with Gasteiger partial charge in [-0.25, -0.2) is 0 Å². The van der Waals surface area contributed by atoms with Crippen LogP contribution in [-0.4, -0.2) is 0 Å². The van der Waals surface area contributed by atoms with Gasteiger partial charge in [0.25, 0.3) is 0 Å². The first-order valence-electron chi connectivity index (χ1n) is 12.3. The summed E-state index contributed by atoms with van der Waals surface area (Å²) in [6.45, 7) is 0. The molecular formula is C33H23NO. The molecule has 1 N–H and O–H groups in total. The summed E-state index contributed by atoms with van der Waals surface area (Å²) in [5, 5.41) is 5.85. The third-order valence-electron chi connectivity index (χ3n) is 7.78. The van der Waals surface area contributed by atoms with Crippen molar-refractivity contribution in [3.8, 4) is 22.3 Å². The smallest absolute Gasteiger partial charge is 0.135 e. The molecule has 5 aromatic carbocycles. The Morgan fingerprint density at radius 3 is 2.20 bits per heavy atom. The van der Waals surface area contributed by atoms with Crippen LogP contribution in [0.1, 0.15) is 29.4 Å². The van der Waals surface area contributed by atoms with Gasteiger partial charge in [0.2, 0.25) is 0 Å². The molecule has 0 bridgehead atoms. The van der Waals surface area contributed by atoms with Crippen LogP contribution in [0.4, 0.5) is 11.4 Å². The summed E-state index contributed by atoms with van der Waals surface area (Å²) < 4.78 is 5.96. The zero-order valence-electron chi connectivity index (χ0n) is 19.2. The van der Waals surface area contributed by atoms with Gasteiger partial charge in [0.05, 0.1) is 0 Å². The molecule has 35 heavy (non-hydrogen) atoms. The summed E-state index contributed by atoms with van der Waals surface area (Å²) in [6.07, 6.45) is 1.28. The first-order chi connectivity index (χ1) is 17.3. The molecule has 0 spiro atoms. The second-order valence-corrected chi connectivity index (χ2v) is 9.85. The third-order valence-corrected chi connectivity index (χ3v) is 7.78. The molecule has 1 saturated carbocycles. The minimum Gasteiger partial charge on any atom is -0.456 e. The Morgan fingerprint density at radius 2 is 1.26 bits per heavy atom. The van der Waals surface area contributed by atoms with E-state index < -0.39 is 0 Å². The molecule has 0 radical (unpaired) electrons. The highest BCUT2D eigenvalue weighted by Crippen LogP contribution is 2.62. The average Bonchev–Trinajstić information content (AvgIpc) is 3.64. The van der Waals surface area contributed by atoms with Gasteiger partial charge in [0.1, 0.15) is 11.2 Å². The third kappa shape index (κ3) is 2.96. The topological polar surface area (TPSA) is 25.2 Å². The van der Waals surface area contributed by atoms with Crippen LogP contribution in [0.25, 0.3) is 44.2 Å². The van der Waals surface area contributed by atoms with Crippen molar-refractivity contribution >= 4 is 33.3 Å². The summed E-state index contributed by atoms with van der Waals surface area (Å²) in [5.74, 6) is 1.40. The Kier molecular flexibility index (Phi) is 3.86. The largest absolute Gasteiger partial charge is 0.456 e. The maximum Gasteiger partial charge on any atom is 0.135 e. The highest BCUT2D eigenvalue weighted by Gasteiger charge is 2.45. The highest BCUT2D eigenvalue weighted by atomic mass is 16.3. The van der Waals surface area contributed by atoms with E-state index in [9.17, 15) is 0 Å². The van der Waals surface area contributed by atoms with Gasteiger partial charge < -0.3 is 9.73 Å². The van der Waals surface area contributed by atoms with E-state index in [1.165, 1.54) is 39.8 Å². The average molecular weight is 450 g/mol. The number of benzene rings is 5. The van der Waals surface area contributed by atoms with Crippen molar-refractivity contribution in [2.75, 3.05) is 5.32 Å². The molecule has 2 heteroatoms. The van der Waals surface area contributed by atoms with Crippen molar-refractivity contribution in [3.05, 3.63) is 120 Å². The number of nitrogens with one attached hydrogen (secondary N) is 1. The SMILES string of the molecule is c1ccc2c(c1)-c1ccc(-c3ccc(Nc4ccc5oc6ccccc6c5c4)cc3)cc1C1CC21. The minimum atomic E-state index is 0.690. The number of hydrogen-bond donors (Lipinski definition) is 1. The number of anilines is 2. The zero-order chi connectivity index (χ0) is 22.9. The molecule has 2 unspecified atom stereocenters. The molecule has 8 rings (SSSR count). The van der Waals surface area contributed by atoms with Crippen LogP contribution >= 0.6 is 0 Å². The Morgan fingerprint density at radius 1 is 0.543 bits per heavy atom. The van der Waals surface area contributed by atoms with Gasteiger partial charge in [0, 0.05) is 22.1 Å². The summed E-state index contributed by atoms with van der Waals surface area (Å²) in [6, 6.07) is 39.2. The fourth-order valence-corrected chi connectivity index (χ4v) is 5.96. The van der Waals surface area contributed by atoms with Crippen LogP contribution in [0.3, 0.4) is 0 Å². The molecule has 6 aromatic rings. The van der Waals surface area contributed by atoms with Crippen molar-refractivity contribution in [1.82, 2.24) is 0 Å². The summed E-state index contributed by atoms with van der Waals surface area (Å²) in [7, 11) is 0. The normalized spacial score (nSPS) is 17.6. The molecule has 1 heterocycles. The van der Waals surface area contributed by atoms with Crippen LogP contribution in [0, 0.1) is 0 Å². The van der Waals surface area contributed by atoms with Gasteiger partial charge >= 0.3 is 0 Å². The van der Waals surface area contributed by atoms with Gasteiger partial charge in [-0.05, 0) is 88.0 Å². The molecule has 2 aliphatic carbocycles. The second kappa shape index (κ2) is 7.10. The lowest BCUT2D eigenvalue weighted by Crippen LogP contribution is -1.99. The van der Waals surface area contributed by atoms with Gasteiger partial charge in [-0.2, -0.15) is 0 Å². The first kappa shape index (κ1) is 19.1. The lowest BCUT2D eigenvalue weighted by molar-refractivity contribution is 0.669. The second-order valence-electron chi connectivity index (χ2n) is 9.85. The minimum absolute atomic E-state index is 0.690. The Labute approximate surface area is 203 Å². The van der Waals surface area contributed by atoms with Gasteiger partial charge in [-0.1, -0.05) is 72.8 Å². The monoisotopic (exact) mass is 449 g/mol. The zero-order valence-corrected chi connectivity index (χ0v) is 19.2. The van der Waals surface area contributed by atoms with E-state index in [0.29, 0.717) is 11.8 Å². The number of furan rings is 1. The quantitative estimate of drug-likeness (QED) is 0.291. The number of hydrogen-bond acceptors (Lipinski definition) is 2. The van der Waals surface area contributed by atoms with E-state index in [4.69, 9.17) is 4.42 Å². The molecule has 1 aromatic heterocycles. The molecular weight excluding hydrogens is 426 g/mol. The standard InChI is InChI=1S/C33H23NO/c1-2-6-25-24(5-1)26-15-11-21(17-28(26)30-19-29(25)30)20-9-12-22(13-10-20)34-23-14-16-33-31(18-23)27-7-3-4-8-32(27)35-33/h1-18,29-30,34H,19H2. The highest BCUT2D eigenvalue weighted by molar-refractivity contribution is 6.06. The van der Waals surface area contributed by atoms with E-state index in [1.54, 1.807) is 0 Å². The summed E-state index contributed by atoms with van der Waals surface area (Å²) >= 11 is 0.